The molecule has 1 aliphatic rings. The van der Waals surface area contributed by atoms with Gasteiger partial charge in [-0.1, -0.05) is 44.2 Å². The van der Waals surface area contributed by atoms with Gasteiger partial charge in [0.2, 0.25) is 0 Å². The minimum absolute atomic E-state index is 0.301. The molecule has 1 fully saturated rings. The van der Waals surface area contributed by atoms with E-state index in [1.165, 1.54) is 22.2 Å². The number of para-hydroxylation sites is 3. The second-order valence-corrected chi connectivity index (χ2v) is 8.89. The number of aromatic nitrogens is 1. The summed E-state index contributed by atoms with van der Waals surface area (Å²) >= 11 is 5.48. The third kappa shape index (κ3) is 3.71. The van der Waals surface area contributed by atoms with Crippen molar-refractivity contribution in [2.45, 2.75) is 33.1 Å². The Labute approximate surface area is 178 Å². The minimum atomic E-state index is 0.301. The Kier molecular flexibility index (Phi) is 5.26. The van der Waals surface area contributed by atoms with Gasteiger partial charge in [0.25, 0.3) is 0 Å². The predicted molar refractivity (Wildman–Crippen MR) is 125 cm³/mol. The number of methoxy groups -OCH3 is 1. The highest BCUT2D eigenvalue weighted by Gasteiger charge is 2.58. The van der Waals surface area contributed by atoms with Gasteiger partial charge in [-0.2, -0.15) is 0 Å². The molecule has 5 heteroatoms. The number of thiocarbonyl (C=S) groups is 1. The van der Waals surface area contributed by atoms with Crippen LogP contribution < -0.4 is 15.4 Å². The molecule has 0 aliphatic heterocycles. The molecule has 1 saturated carbocycles. The number of hydrogen-bond donors (Lipinski definition) is 3. The number of aromatic amines is 1. The van der Waals surface area contributed by atoms with Crippen LogP contribution in [0, 0.1) is 18.3 Å². The zero-order valence-corrected chi connectivity index (χ0v) is 18.3. The van der Waals surface area contributed by atoms with Gasteiger partial charge in [0, 0.05) is 23.1 Å². The summed E-state index contributed by atoms with van der Waals surface area (Å²) in [7, 11) is 1.67. The maximum atomic E-state index is 5.48. The van der Waals surface area contributed by atoms with Gasteiger partial charge in [0.1, 0.15) is 5.75 Å². The largest absolute Gasteiger partial charge is 0.495 e. The van der Waals surface area contributed by atoms with Gasteiger partial charge in [-0.05, 0) is 66.6 Å². The highest BCUT2D eigenvalue weighted by Crippen LogP contribution is 2.67. The SMILES string of the molecule is COc1ccccc1NC(=S)NCC[C@H]1[C@@H](c2c(C)[nH]c3ccccc23)C1(C)C. The lowest BCUT2D eigenvalue weighted by atomic mass is 10.0. The van der Waals surface area contributed by atoms with Gasteiger partial charge in [-0.3, -0.25) is 0 Å². The molecule has 0 unspecified atom stereocenters. The van der Waals surface area contributed by atoms with E-state index in [0.29, 0.717) is 22.4 Å². The van der Waals surface area contributed by atoms with Gasteiger partial charge >= 0.3 is 0 Å². The number of H-pyrrole nitrogens is 1. The van der Waals surface area contributed by atoms with Gasteiger partial charge < -0.3 is 20.4 Å². The summed E-state index contributed by atoms with van der Waals surface area (Å²) in [6.45, 7) is 7.82. The maximum Gasteiger partial charge on any atom is 0.170 e. The van der Waals surface area contributed by atoms with Crippen molar-refractivity contribution in [3.05, 3.63) is 59.8 Å². The molecule has 2 aromatic carbocycles. The zero-order valence-electron chi connectivity index (χ0n) is 17.5. The molecule has 2 atom stereocenters. The van der Waals surface area contributed by atoms with Crippen LogP contribution in [0.25, 0.3) is 10.9 Å². The van der Waals surface area contributed by atoms with Crippen molar-refractivity contribution in [2.24, 2.45) is 11.3 Å². The first-order valence-corrected chi connectivity index (χ1v) is 10.6. The van der Waals surface area contributed by atoms with Crippen LogP contribution in [0.2, 0.25) is 0 Å². The van der Waals surface area contributed by atoms with Crippen molar-refractivity contribution >= 4 is 33.9 Å². The van der Waals surface area contributed by atoms with E-state index in [4.69, 9.17) is 17.0 Å². The summed E-state index contributed by atoms with van der Waals surface area (Å²) in [5, 5.41) is 8.60. The molecule has 0 radical (unpaired) electrons. The van der Waals surface area contributed by atoms with Crippen molar-refractivity contribution in [1.82, 2.24) is 10.3 Å². The second-order valence-electron chi connectivity index (χ2n) is 8.48. The Morgan fingerprint density at radius 2 is 1.86 bits per heavy atom. The zero-order chi connectivity index (χ0) is 20.6. The lowest BCUT2D eigenvalue weighted by Crippen LogP contribution is -2.29. The van der Waals surface area contributed by atoms with E-state index in [-0.39, 0.29) is 0 Å². The fourth-order valence-electron chi connectivity index (χ4n) is 4.81. The maximum absolute atomic E-state index is 5.48. The molecule has 0 amide bonds. The third-order valence-electron chi connectivity index (χ3n) is 6.40. The van der Waals surface area contributed by atoms with Crippen LogP contribution in [0.1, 0.15) is 37.4 Å². The van der Waals surface area contributed by atoms with Crippen LogP contribution >= 0.6 is 12.2 Å². The van der Waals surface area contributed by atoms with Crippen LogP contribution in [0.5, 0.6) is 5.75 Å². The van der Waals surface area contributed by atoms with Crippen LogP contribution in [0.4, 0.5) is 5.69 Å². The molecule has 0 bridgehead atoms. The lowest BCUT2D eigenvalue weighted by molar-refractivity contribution is 0.417. The second kappa shape index (κ2) is 7.71. The molecule has 152 valence electrons. The molecule has 3 aromatic rings. The third-order valence-corrected chi connectivity index (χ3v) is 6.65. The number of benzene rings is 2. The lowest BCUT2D eigenvalue weighted by Gasteiger charge is -2.13. The van der Waals surface area contributed by atoms with E-state index in [1.54, 1.807) is 7.11 Å². The molecule has 1 aromatic heterocycles. The van der Waals surface area contributed by atoms with Crippen LogP contribution in [0.15, 0.2) is 48.5 Å². The van der Waals surface area contributed by atoms with Crippen molar-refractivity contribution in [1.29, 1.82) is 0 Å². The Morgan fingerprint density at radius 1 is 1.14 bits per heavy atom. The average molecular weight is 408 g/mol. The molecule has 1 aliphatic carbocycles. The van der Waals surface area contributed by atoms with Crippen LogP contribution in [-0.2, 0) is 0 Å². The van der Waals surface area contributed by atoms with E-state index in [9.17, 15) is 0 Å². The first-order chi connectivity index (χ1) is 13.9. The monoisotopic (exact) mass is 407 g/mol. The van der Waals surface area contributed by atoms with Crippen molar-refractivity contribution in [2.75, 3.05) is 19.0 Å². The summed E-state index contributed by atoms with van der Waals surface area (Å²) in [6, 6.07) is 16.4. The Hall–Kier alpha value is -2.53. The minimum Gasteiger partial charge on any atom is -0.495 e. The number of aryl methyl sites for hydroxylation is 1. The molecule has 1 heterocycles. The predicted octanol–water partition coefficient (Wildman–Crippen LogP) is 5.60. The van der Waals surface area contributed by atoms with Gasteiger partial charge in [-0.15, -0.1) is 0 Å². The summed E-state index contributed by atoms with van der Waals surface area (Å²) in [5.41, 5.74) is 5.21. The molecular weight excluding hydrogens is 378 g/mol. The van der Waals surface area contributed by atoms with E-state index in [2.05, 4.69) is 60.7 Å². The van der Waals surface area contributed by atoms with Gasteiger partial charge in [-0.25, -0.2) is 0 Å². The molecule has 4 nitrogen and oxygen atoms in total. The number of nitrogens with one attached hydrogen (secondary N) is 3. The summed E-state index contributed by atoms with van der Waals surface area (Å²) < 4.78 is 5.38. The fraction of sp³-hybridized carbons (Fsp3) is 0.375. The highest BCUT2D eigenvalue weighted by molar-refractivity contribution is 7.80. The summed E-state index contributed by atoms with van der Waals surface area (Å²) in [6.07, 6.45) is 1.09. The normalized spacial score (nSPS) is 19.7. The van der Waals surface area contributed by atoms with Crippen LogP contribution in [0.3, 0.4) is 0 Å². The van der Waals surface area contributed by atoms with E-state index in [0.717, 1.165) is 24.4 Å². The molecular formula is C24H29N3OS. The standard InChI is InChI=1S/C24H29N3OS/c1-15-21(16-9-5-6-10-18(16)26-15)22-17(24(22,2)3)13-14-25-23(29)27-19-11-7-8-12-20(19)28-4/h5-12,17,22,26H,13-14H2,1-4H3,(H2,25,27,29)/t17-,22-/m0/s1. The van der Waals surface area contributed by atoms with Crippen molar-refractivity contribution in [3.8, 4) is 5.75 Å². The average Bonchev–Trinajstić information content (AvgIpc) is 3.06. The number of fused-ring (bicyclic) bond motifs is 1. The van der Waals surface area contributed by atoms with Crippen molar-refractivity contribution in [3.63, 3.8) is 0 Å². The molecule has 0 saturated heterocycles. The van der Waals surface area contributed by atoms with E-state index in [1.807, 2.05) is 24.3 Å². The molecule has 4 rings (SSSR count). The molecule has 0 spiro atoms. The quantitative estimate of drug-likeness (QED) is 0.466. The van der Waals surface area contributed by atoms with Crippen LogP contribution in [-0.4, -0.2) is 23.8 Å². The van der Waals surface area contributed by atoms with Gasteiger partial charge in [0.05, 0.1) is 12.8 Å². The number of hydrogen-bond acceptors (Lipinski definition) is 2. The van der Waals surface area contributed by atoms with E-state index >= 15 is 0 Å². The smallest absolute Gasteiger partial charge is 0.170 e. The Morgan fingerprint density at radius 3 is 2.66 bits per heavy atom. The topological polar surface area (TPSA) is 49.1 Å². The first kappa shape index (κ1) is 19.8. The number of rotatable bonds is 6. The first-order valence-electron chi connectivity index (χ1n) is 10.2. The van der Waals surface area contributed by atoms with Crippen molar-refractivity contribution < 1.29 is 4.74 Å². The highest BCUT2D eigenvalue weighted by atomic mass is 32.1. The van der Waals surface area contributed by atoms with E-state index < -0.39 is 0 Å². The fourth-order valence-corrected chi connectivity index (χ4v) is 5.02. The molecule has 3 N–H and O–H groups in total. The number of anilines is 1. The van der Waals surface area contributed by atoms with Gasteiger partial charge in [0.15, 0.2) is 5.11 Å². The number of ether oxygens (including phenoxy) is 1. The Bertz CT molecular complexity index is 1040. The summed E-state index contributed by atoms with van der Waals surface area (Å²) in [5.74, 6) is 2.01. The molecule has 29 heavy (non-hydrogen) atoms. The Balaban J connectivity index is 1.38. The summed E-state index contributed by atoms with van der Waals surface area (Å²) in [4.78, 5) is 3.56.